The van der Waals surface area contributed by atoms with Gasteiger partial charge >= 0.3 is 0 Å². The van der Waals surface area contributed by atoms with Crippen LogP contribution in [0.5, 0.6) is 0 Å². The largest absolute Gasteiger partial charge is 0.383 e. The number of fused-ring (bicyclic) bond motifs is 1. The van der Waals surface area contributed by atoms with E-state index in [1.807, 2.05) is 42.5 Å². The van der Waals surface area contributed by atoms with Crippen LogP contribution in [0, 0.1) is 0 Å². The summed E-state index contributed by atoms with van der Waals surface area (Å²) in [6, 6.07) is 16.3. The highest BCUT2D eigenvalue weighted by Gasteiger charge is 2.05. The highest BCUT2D eigenvalue weighted by Crippen LogP contribution is 2.22. The Labute approximate surface area is 135 Å². The topological polar surface area (TPSA) is 59.2 Å². The summed E-state index contributed by atoms with van der Waals surface area (Å²) in [4.78, 5) is 8.00. The minimum absolute atomic E-state index is 0.623. The molecule has 0 aliphatic heterocycles. The van der Waals surface area contributed by atoms with E-state index >= 15 is 0 Å². The summed E-state index contributed by atoms with van der Waals surface area (Å²) < 4.78 is 10.4. The summed E-state index contributed by atoms with van der Waals surface area (Å²) in [5.74, 6) is 0.889. The average Bonchev–Trinajstić information content (AvgIpc) is 3.02. The second-order valence-electron chi connectivity index (χ2n) is 5.22. The number of rotatable bonds is 8. The first kappa shape index (κ1) is 15.5. The van der Waals surface area contributed by atoms with Crippen molar-refractivity contribution in [3.05, 3.63) is 48.5 Å². The molecule has 120 valence electrons. The standard InChI is InChI=1S/C18H21N3O2/c1-22-11-12-23-10-9-19-15-7-8-16-17(13-15)21-18(20-16)14-5-3-2-4-6-14/h2-8,13,19H,9-12H2,1H3,(H,20,21). The van der Waals surface area contributed by atoms with Gasteiger partial charge < -0.3 is 19.8 Å². The van der Waals surface area contributed by atoms with E-state index in [0.717, 1.165) is 34.7 Å². The van der Waals surface area contributed by atoms with Crippen LogP contribution in [0.15, 0.2) is 48.5 Å². The van der Waals surface area contributed by atoms with E-state index in [4.69, 9.17) is 9.47 Å². The summed E-state index contributed by atoms with van der Waals surface area (Å²) in [6.07, 6.45) is 0. The minimum Gasteiger partial charge on any atom is -0.383 e. The fraction of sp³-hybridized carbons (Fsp3) is 0.278. The molecule has 0 atom stereocenters. The van der Waals surface area contributed by atoms with Crippen molar-refractivity contribution in [2.75, 3.05) is 38.8 Å². The van der Waals surface area contributed by atoms with E-state index in [9.17, 15) is 0 Å². The first-order chi connectivity index (χ1) is 11.4. The molecular formula is C18H21N3O2. The van der Waals surface area contributed by atoms with E-state index in [1.165, 1.54) is 0 Å². The molecule has 2 N–H and O–H groups in total. The summed E-state index contributed by atoms with van der Waals surface area (Å²) in [7, 11) is 1.67. The van der Waals surface area contributed by atoms with Crippen molar-refractivity contribution in [2.24, 2.45) is 0 Å². The SMILES string of the molecule is COCCOCCNc1ccc2nc(-c3ccccc3)[nH]c2c1. The number of anilines is 1. The van der Waals surface area contributed by atoms with Crippen LogP contribution in [0.3, 0.4) is 0 Å². The van der Waals surface area contributed by atoms with Crippen LogP contribution in [0.4, 0.5) is 5.69 Å². The van der Waals surface area contributed by atoms with Crippen molar-refractivity contribution < 1.29 is 9.47 Å². The Morgan fingerprint density at radius 2 is 1.91 bits per heavy atom. The van der Waals surface area contributed by atoms with Gasteiger partial charge in [-0.25, -0.2) is 4.98 Å². The number of imidazole rings is 1. The Morgan fingerprint density at radius 3 is 2.74 bits per heavy atom. The lowest BCUT2D eigenvalue weighted by Crippen LogP contribution is -2.11. The molecule has 5 heteroatoms. The number of nitrogens with one attached hydrogen (secondary N) is 2. The second kappa shape index (κ2) is 7.76. The van der Waals surface area contributed by atoms with Gasteiger partial charge in [0, 0.05) is 24.9 Å². The molecule has 0 amide bonds. The van der Waals surface area contributed by atoms with Crippen molar-refractivity contribution in [3.8, 4) is 11.4 Å². The summed E-state index contributed by atoms with van der Waals surface area (Å²) in [6.45, 7) is 2.66. The van der Waals surface area contributed by atoms with Gasteiger partial charge in [-0.3, -0.25) is 0 Å². The summed E-state index contributed by atoms with van der Waals surface area (Å²) in [5, 5.41) is 3.35. The number of nitrogens with zero attached hydrogens (tertiary/aromatic N) is 1. The molecule has 0 aliphatic rings. The van der Waals surface area contributed by atoms with E-state index in [1.54, 1.807) is 7.11 Å². The normalized spacial score (nSPS) is 11.0. The molecule has 0 saturated heterocycles. The number of hydrogen-bond donors (Lipinski definition) is 2. The maximum atomic E-state index is 5.44. The molecular weight excluding hydrogens is 290 g/mol. The van der Waals surface area contributed by atoms with Crippen LogP contribution >= 0.6 is 0 Å². The third-order valence-electron chi connectivity index (χ3n) is 3.54. The lowest BCUT2D eigenvalue weighted by molar-refractivity contribution is 0.0759. The van der Waals surface area contributed by atoms with Gasteiger partial charge in [0.15, 0.2) is 0 Å². The van der Waals surface area contributed by atoms with E-state index in [0.29, 0.717) is 19.8 Å². The number of hydrogen-bond acceptors (Lipinski definition) is 4. The second-order valence-corrected chi connectivity index (χ2v) is 5.22. The number of H-pyrrole nitrogens is 1. The monoisotopic (exact) mass is 311 g/mol. The molecule has 0 spiro atoms. The molecule has 0 aliphatic carbocycles. The maximum Gasteiger partial charge on any atom is 0.138 e. The van der Waals surface area contributed by atoms with Gasteiger partial charge in [-0.2, -0.15) is 0 Å². The van der Waals surface area contributed by atoms with Crippen LogP contribution in [0.2, 0.25) is 0 Å². The Balaban J connectivity index is 1.63. The van der Waals surface area contributed by atoms with E-state index in [2.05, 4.69) is 21.4 Å². The molecule has 23 heavy (non-hydrogen) atoms. The highest BCUT2D eigenvalue weighted by atomic mass is 16.5. The Morgan fingerprint density at radius 1 is 1.04 bits per heavy atom. The van der Waals surface area contributed by atoms with Crippen LogP contribution in [-0.2, 0) is 9.47 Å². The van der Waals surface area contributed by atoms with E-state index < -0.39 is 0 Å². The molecule has 3 aromatic rings. The molecule has 0 fully saturated rings. The summed E-state index contributed by atoms with van der Waals surface area (Å²) in [5.41, 5.74) is 4.13. The zero-order chi connectivity index (χ0) is 15.9. The number of aromatic nitrogens is 2. The van der Waals surface area contributed by atoms with Crippen LogP contribution in [0.25, 0.3) is 22.4 Å². The van der Waals surface area contributed by atoms with Gasteiger partial charge in [-0.1, -0.05) is 30.3 Å². The number of aromatic amines is 1. The molecule has 1 heterocycles. The number of benzene rings is 2. The lowest BCUT2D eigenvalue weighted by atomic mass is 10.2. The highest BCUT2D eigenvalue weighted by molar-refractivity contribution is 5.82. The quantitative estimate of drug-likeness (QED) is 0.627. The molecule has 0 unspecified atom stereocenters. The molecule has 1 aromatic heterocycles. The van der Waals surface area contributed by atoms with Gasteiger partial charge in [0.1, 0.15) is 5.82 Å². The van der Waals surface area contributed by atoms with Crippen molar-refractivity contribution in [1.82, 2.24) is 9.97 Å². The Kier molecular flexibility index (Phi) is 5.24. The Bertz CT molecular complexity index is 740. The van der Waals surface area contributed by atoms with Crippen molar-refractivity contribution in [3.63, 3.8) is 0 Å². The zero-order valence-corrected chi connectivity index (χ0v) is 13.2. The van der Waals surface area contributed by atoms with Crippen molar-refractivity contribution in [1.29, 1.82) is 0 Å². The van der Waals surface area contributed by atoms with Gasteiger partial charge in [0.25, 0.3) is 0 Å². The zero-order valence-electron chi connectivity index (χ0n) is 13.2. The van der Waals surface area contributed by atoms with Crippen molar-refractivity contribution >= 4 is 16.7 Å². The first-order valence-corrected chi connectivity index (χ1v) is 7.72. The van der Waals surface area contributed by atoms with Gasteiger partial charge in [0.2, 0.25) is 0 Å². The molecule has 0 radical (unpaired) electrons. The molecule has 0 saturated carbocycles. The Hall–Kier alpha value is -2.37. The molecule has 2 aromatic carbocycles. The smallest absolute Gasteiger partial charge is 0.138 e. The lowest BCUT2D eigenvalue weighted by Gasteiger charge is -2.07. The fourth-order valence-corrected chi connectivity index (χ4v) is 2.36. The molecule has 0 bridgehead atoms. The number of methoxy groups -OCH3 is 1. The van der Waals surface area contributed by atoms with Gasteiger partial charge in [-0.05, 0) is 18.2 Å². The van der Waals surface area contributed by atoms with Crippen LogP contribution in [-0.4, -0.2) is 43.4 Å². The first-order valence-electron chi connectivity index (χ1n) is 7.72. The third-order valence-corrected chi connectivity index (χ3v) is 3.54. The van der Waals surface area contributed by atoms with Crippen molar-refractivity contribution in [2.45, 2.75) is 0 Å². The van der Waals surface area contributed by atoms with Gasteiger partial charge in [0.05, 0.1) is 30.9 Å². The number of ether oxygens (including phenoxy) is 2. The average molecular weight is 311 g/mol. The predicted molar refractivity (Wildman–Crippen MR) is 92.7 cm³/mol. The van der Waals surface area contributed by atoms with Crippen LogP contribution < -0.4 is 5.32 Å². The summed E-state index contributed by atoms with van der Waals surface area (Å²) >= 11 is 0. The third kappa shape index (κ3) is 4.09. The minimum atomic E-state index is 0.623. The van der Waals surface area contributed by atoms with E-state index in [-0.39, 0.29) is 0 Å². The predicted octanol–water partition coefficient (Wildman–Crippen LogP) is 3.30. The molecule has 5 nitrogen and oxygen atoms in total. The van der Waals surface area contributed by atoms with Crippen LogP contribution in [0.1, 0.15) is 0 Å². The molecule has 3 rings (SSSR count). The van der Waals surface area contributed by atoms with Gasteiger partial charge in [-0.15, -0.1) is 0 Å². The maximum absolute atomic E-state index is 5.44. The fourth-order valence-electron chi connectivity index (χ4n) is 2.36.